The summed E-state index contributed by atoms with van der Waals surface area (Å²) in [5.74, 6) is -0.280. The van der Waals surface area contributed by atoms with Crippen molar-refractivity contribution in [3.63, 3.8) is 0 Å². The van der Waals surface area contributed by atoms with E-state index in [1.165, 1.54) is 11.3 Å². The highest BCUT2D eigenvalue weighted by Gasteiger charge is 2.59. The van der Waals surface area contributed by atoms with E-state index >= 15 is 0 Å². The van der Waals surface area contributed by atoms with E-state index < -0.39 is 11.5 Å². The number of anilines is 1. The number of carbonyl (C=O) groups excluding carboxylic acids is 2. The standard InChI is InChI=1S/C30H43N3O4S/c1-5-6-8-13-25(36)32-28-33-27-21(16-26(37)31-19(2)20-11-9-7-10-12-20)29(3)15-14-24(35)30(4,18-34)23(29)17-22(27)38-28/h7,9-12,19,21,23-24,34-35H,5-6,8,13-18H2,1-4H3,(H,31,37)(H,32,33,36). The van der Waals surface area contributed by atoms with Crippen LogP contribution in [0.3, 0.4) is 0 Å². The molecule has 1 heterocycles. The number of fused-ring (bicyclic) bond motifs is 2. The van der Waals surface area contributed by atoms with Gasteiger partial charge >= 0.3 is 0 Å². The quantitative estimate of drug-likeness (QED) is 0.303. The first-order valence-electron chi connectivity index (χ1n) is 14.0. The summed E-state index contributed by atoms with van der Waals surface area (Å²) in [7, 11) is 0. The van der Waals surface area contributed by atoms with Gasteiger partial charge < -0.3 is 20.8 Å². The summed E-state index contributed by atoms with van der Waals surface area (Å²) in [5.41, 5.74) is 0.930. The third-order valence-electron chi connectivity index (χ3n) is 9.21. The smallest absolute Gasteiger partial charge is 0.226 e. The molecular formula is C30H43N3O4S. The van der Waals surface area contributed by atoms with Crippen LogP contribution in [0.4, 0.5) is 5.13 Å². The van der Waals surface area contributed by atoms with Gasteiger partial charge in [-0.25, -0.2) is 4.98 Å². The molecule has 2 aliphatic rings. The van der Waals surface area contributed by atoms with Crippen LogP contribution >= 0.6 is 11.3 Å². The molecule has 208 valence electrons. The van der Waals surface area contributed by atoms with Crippen molar-refractivity contribution in [3.8, 4) is 0 Å². The van der Waals surface area contributed by atoms with E-state index in [1.807, 2.05) is 44.2 Å². The van der Waals surface area contributed by atoms with Crippen LogP contribution in [0.1, 0.15) is 101 Å². The van der Waals surface area contributed by atoms with E-state index in [4.69, 9.17) is 4.98 Å². The van der Waals surface area contributed by atoms with Crippen LogP contribution in [0.15, 0.2) is 30.3 Å². The van der Waals surface area contributed by atoms with Gasteiger partial charge in [-0.15, -0.1) is 11.3 Å². The molecule has 6 unspecified atom stereocenters. The first-order chi connectivity index (χ1) is 18.1. The van der Waals surface area contributed by atoms with E-state index in [1.54, 1.807) is 0 Å². The van der Waals surface area contributed by atoms with Crippen LogP contribution in [-0.2, 0) is 16.0 Å². The van der Waals surface area contributed by atoms with Crippen molar-refractivity contribution in [1.29, 1.82) is 0 Å². The largest absolute Gasteiger partial charge is 0.396 e. The summed E-state index contributed by atoms with van der Waals surface area (Å²) in [5, 5.41) is 28.2. The lowest BCUT2D eigenvalue weighted by atomic mass is 9.47. The Hall–Kier alpha value is -2.29. The average molecular weight is 542 g/mol. The summed E-state index contributed by atoms with van der Waals surface area (Å²) in [6, 6.07) is 9.78. The van der Waals surface area contributed by atoms with Gasteiger partial charge in [-0.3, -0.25) is 9.59 Å². The number of unbranched alkanes of at least 4 members (excludes halogenated alkanes) is 2. The number of aliphatic hydroxyl groups excluding tert-OH is 2. The van der Waals surface area contributed by atoms with Crippen molar-refractivity contribution < 1.29 is 19.8 Å². The van der Waals surface area contributed by atoms with Crippen molar-refractivity contribution in [3.05, 3.63) is 46.5 Å². The van der Waals surface area contributed by atoms with Crippen LogP contribution < -0.4 is 10.6 Å². The lowest BCUT2D eigenvalue weighted by molar-refractivity contribution is -0.144. The summed E-state index contributed by atoms with van der Waals surface area (Å²) in [6.07, 6.45) is 5.04. The number of aromatic nitrogens is 1. The van der Waals surface area contributed by atoms with Gasteiger partial charge in [0.25, 0.3) is 0 Å². The zero-order valence-corrected chi connectivity index (χ0v) is 23.9. The highest BCUT2D eigenvalue weighted by molar-refractivity contribution is 7.15. The fourth-order valence-corrected chi connectivity index (χ4v) is 7.81. The van der Waals surface area contributed by atoms with E-state index in [9.17, 15) is 19.8 Å². The van der Waals surface area contributed by atoms with Gasteiger partial charge in [-0.05, 0) is 49.5 Å². The minimum atomic E-state index is -0.676. The molecule has 2 aliphatic carbocycles. The van der Waals surface area contributed by atoms with Crippen molar-refractivity contribution >= 4 is 28.3 Å². The lowest BCUT2D eigenvalue weighted by Gasteiger charge is -2.58. The molecule has 0 saturated heterocycles. The second kappa shape index (κ2) is 11.8. The maximum atomic E-state index is 13.4. The molecule has 7 nitrogen and oxygen atoms in total. The van der Waals surface area contributed by atoms with E-state index in [-0.39, 0.29) is 48.1 Å². The molecule has 0 bridgehead atoms. The topological polar surface area (TPSA) is 112 Å². The number of thiazole rings is 1. The summed E-state index contributed by atoms with van der Waals surface area (Å²) >= 11 is 1.47. The predicted octanol–water partition coefficient (Wildman–Crippen LogP) is 5.34. The molecule has 2 amide bonds. The van der Waals surface area contributed by atoms with Crippen molar-refractivity contribution in [1.82, 2.24) is 10.3 Å². The minimum Gasteiger partial charge on any atom is -0.396 e. The predicted molar refractivity (Wildman–Crippen MR) is 151 cm³/mol. The molecular weight excluding hydrogens is 498 g/mol. The second-order valence-corrected chi connectivity index (χ2v) is 12.9. The molecule has 0 radical (unpaired) electrons. The monoisotopic (exact) mass is 541 g/mol. The number of amides is 2. The highest BCUT2D eigenvalue weighted by Crippen LogP contribution is 2.62. The molecule has 1 saturated carbocycles. The number of aliphatic hydroxyl groups is 2. The van der Waals surface area contributed by atoms with E-state index in [0.717, 1.165) is 41.8 Å². The van der Waals surface area contributed by atoms with Gasteiger partial charge in [0, 0.05) is 29.1 Å². The number of nitrogens with zero attached hydrogens (tertiary/aromatic N) is 1. The Bertz CT molecular complexity index is 1120. The SMILES string of the molecule is CCCCCC(=O)Nc1nc2c(s1)CC1C(C)(CO)C(O)CCC1(C)C2CC(=O)NC(C)c1ccccc1. The second-order valence-electron chi connectivity index (χ2n) is 11.8. The van der Waals surface area contributed by atoms with Crippen molar-refractivity contribution in [2.45, 2.75) is 97.1 Å². The van der Waals surface area contributed by atoms with Crippen molar-refractivity contribution in [2.75, 3.05) is 11.9 Å². The Balaban J connectivity index is 1.62. The minimum absolute atomic E-state index is 0.0193. The van der Waals surface area contributed by atoms with Gasteiger partial charge in [0.05, 0.1) is 24.4 Å². The third kappa shape index (κ3) is 5.68. The molecule has 6 atom stereocenters. The first kappa shape index (κ1) is 28.7. The molecule has 2 aromatic rings. The number of hydrogen-bond acceptors (Lipinski definition) is 6. The fourth-order valence-electron chi connectivity index (χ4n) is 6.73. The molecule has 4 rings (SSSR count). The molecule has 1 aromatic heterocycles. The fraction of sp³-hybridized carbons (Fsp3) is 0.633. The van der Waals surface area contributed by atoms with Crippen LogP contribution in [0.5, 0.6) is 0 Å². The van der Waals surface area contributed by atoms with E-state index in [2.05, 4.69) is 24.5 Å². The Morgan fingerprint density at radius 3 is 2.61 bits per heavy atom. The Kier molecular flexibility index (Phi) is 8.95. The number of hydrogen-bond donors (Lipinski definition) is 4. The van der Waals surface area contributed by atoms with Crippen LogP contribution in [0.2, 0.25) is 0 Å². The number of nitrogens with one attached hydrogen (secondary N) is 2. The van der Waals surface area contributed by atoms with Gasteiger partial charge in [0.1, 0.15) is 0 Å². The maximum Gasteiger partial charge on any atom is 0.226 e. The number of rotatable bonds is 10. The third-order valence-corrected chi connectivity index (χ3v) is 10.2. The van der Waals surface area contributed by atoms with E-state index in [0.29, 0.717) is 24.4 Å². The summed E-state index contributed by atoms with van der Waals surface area (Å²) < 4.78 is 0. The number of carbonyl (C=O) groups is 2. The lowest BCUT2D eigenvalue weighted by Crippen LogP contribution is -2.57. The molecule has 8 heteroatoms. The van der Waals surface area contributed by atoms with Gasteiger partial charge in [0.15, 0.2) is 5.13 Å². The summed E-state index contributed by atoms with van der Waals surface area (Å²) in [6.45, 7) is 8.14. The van der Waals surface area contributed by atoms with Crippen molar-refractivity contribution in [2.24, 2.45) is 16.7 Å². The van der Waals surface area contributed by atoms with Crippen LogP contribution in [0.25, 0.3) is 0 Å². The maximum absolute atomic E-state index is 13.4. The van der Waals surface area contributed by atoms with Gasteiger partial charge in [0.2, 0.25) is 11.8 Å². The number of benzene rings is 1. The zero-order chi connectivity index (χ0) is 27.5. The first-order valence-corrected chi connectivity index (χ1v) is 14.9. The molecule has 1 aromatic carbocycles. The Morgan fingerprint density at radius 2 is 1.92 bits per heavy atom. The average Bonchev–Trinajstić information content (AvgIpc) is 3.30. The highest BCUT2D eigenvalue weighted by atomic mass is 32.1. The molecule has 1 fully saturated rings. The molecule has 0 aliphatic heterocycles. The summed E-state index contributed by atoms with van der Waals surface area (Å²) in [4.78, 5) is 31.9. The molecule has 38 heavy (non-hydrogen) atoms. The normalized spacial score (nSPS) is 29.2. The Morgan fingerprint density at radius 1 is 1.18 bits per heavy atom. The van der Waals surface area contributed by atoms with Crippen LogP contribution in [0, 0.1) is 16.7 Å². The Labute approximate surface area is 230 Å². The van der Waals surface area contributed by atoms with Crippen LogP contribution in [-0.4, -0.2) is 39.7 Å². The van der Waals surface area contributed by atoms with Gasteiger partial charge in [-0.1, -0.05) is 63.9 Å². The zero-order valence-electron chi connectivity index (χ0n) is 23.1. The molecule has 0 spiro atoms. The molecule has 4 N–H and O–H groups in total. The van der Waals surface area contributed by atoms with Gasteiger partial charge in [-0.2, -0.15) is 0 Å².